The average Bonchev–Trinajstić information content (AvgIpc) is 2.70. The van der Waals surface area contributed by atoms with Gasteiger partial charge >= 0.3 is 0 Å². The highest BCUT2D eigenvalue weighted by Gasteiger charge is 2.11. The second kappa shape index (κ2) is 8.88. The number of non-ortho nitro benzene ring substituents is 1. The van der Waals surface area contributed by atoms with Crippen molar-refractivity contribution in [3.8, 4) is 17.2 Å². The molecule has 0 fully saturated rings. The van der Waals surface area contributed by atoms with Crippen molar-refractivity contribution in [3.63, 3.8) is 0 Å². The molecule has 28 heavy (non-hydrogen) atoms. The molecule has 0 saturated heterocycles. The molecule has 1 N–H and O–H groups in total. The maximum absolute atomic E-state index is 12.2. The summed E-state index contributed by atoms with van der Waals surface area (Å²) < 4.78 is 11.1. The molecule has 3 aromatic carbocycles. The number of nitro groups is 1. The molecule has 0 unspecified atom stereocenters. The van der Waals surface area contributed by atoms with Crippen LogP contribution in [0.1, 0.15) is 0 Å². The third kappa shape index (κ3) is 4.99. The average molecular weight is 399 g/mol. The van der Waals surface area contributed by atoms with Gasteiger partial charge in [-0.2, -0.15) is 0 Å². The lowest BCUT2D eigenvalue weighted by Crippen LogP contribution is -2.20. The van der Waals surface area contributed by atoms with Crippen LogP contribution in [0, 0.1) is 10.1 Å². The van der Waals surface area contributed by atoms with Gasteiger partial charge in [0.15, 0.2) is 12.4 Å². The molecule has 0 atom stereocenters. The molecule has 8 heteroatoms. The Morgan fingerprint density at radius 1 is 0.964 bits per heavy atom. The lowest BCUT2D eigenvalue weighted by atomic mass is 10.3. The zero-order chi connectivity index (χ0) is 19.9. The molecule has 0 aliphatic carbocycles. The first-order valence-electron chi connectivity index (χ1n) is 8.21. The van der Waals surface area contributed by atoms with Crippen LogP contribution in [-0.4, -0.2) is 17.4 Å². The number of ether oxygens (including phenoxy) is 2. The number of nitro benzene ring substituents is 1. The van der Waals surface area contributed by atoms with Crippen LogP contribution in [0.25, 0.3) is 0 Å². The van der Waals surface area contributed by atoms with E-state index in [1.54, 1.807) is 48.5 Å². The normalized spacial score (nSPS) is 10.2. The van der Waals surface area contributed by atoms with Crippen molar-refractivity contribution in [2.75, 3.05) is 11.9 Å². The van der Waals surface area contributed by atoms with E-state index in [0.29, 0.717) is 28.0 Å². The number of rotatable bonds is 7. The van der Waals surface area contributed by atoms with Crippen LogP contribution >= 0.6 is 11.6 Å². The first-order chi connectivity index (χ1) is 13.5. The van der Waals surface area contributed by atoms with E-state index in [9.17, 15) is 14.9 Å². The summed E-state index contributed by atoms with van der Waals surface area (Å²) in [6.45, 7) is -0.266. The Bertz CT molecular complexity index is 992. The SMILES string of the molecule is O=C(COc1ccc([N+](=O)[O-])cc1)Nc1ccccc1Oc1ccccc1Cl. The number of benzene rings is 3. The first kappa shape index (κ1) is 19.2. The molecule has 3 rings (SSSR count). The lowest BCUT2D eigenvalue weighted by Gasteiger charge is -2.13. The zero-order valence-electron chi connectivity index (χ0n) is 14.5. The number of halogens is 1. The summed E-state index contributed by atoms with van der Waals surface area (Å²) in [5, 5.41) is 13.8. The van der Waals surface area contributed by atoms with Crippen molar-refractivity contribution < 1.29 is 19.2 Å². The van der Waals surface area contributed by atoms with Gasteiger partial charge in [0, 0.05) is 12.1 Å². The van der Waals surface area contributed by atoms with E-state index in [1.165, 1.54) is 24.3 Å². The van der Waals surface area contributed by atoms with Gasteiger partial charge in [-0.1, -0.05) is 35.9 Å². The summed E-state index contributed by atoms with van der Waals surface area (Å²) in [7, 11) is 0. The van der Waals surface area contributed by atoms with Gasteiger partial charge in [-0.15, -0.1) is 0 Å². The summed E-state index contributed by atoms with van der Waals surface area (Å²) in [5.74, 6) is 0.835. The second-order valence-corrected chi connectivity index (χ2v) is 6.02. The van der Waals surface area contributed by atoms with Crippen molar-refractivity contribution in [2.45, 2.75) is 0 Å². The molecule has 0 spiro atoms. The molecular formula is C20H15ClN2O5. The fourth-order valence-electron chi connectivity index (χ4n) is 2.30. The van der Waals surface area contributed by atoms with Crippen molar-refractivity contribution in [1.82, 2.24) is 0 Å². The van der Waals surface area contributed by atoms with Crippen molar-refractivity contribution in [1.29, 1.82) is 0 Å². The minimum Gasteiger partial charge on any atom is -0.484 e. The molecule has 0 bridgehead atoms. The fourth-order valence-corrected chi connectivity index (χ4v) is 2.48. The Labute approximate surface area is 165 Å². The Balaban J connectivity index is 1.62. The highest BCUT2D eigenvalue weighted by Crippen LogP contribution is 2.33. The second-order valence-electron chi connectivity index (χ2n) is 5.62. The molecule has 7 nitrogen and oxygen atoms in total. The summed E-state index contributed by atoms with van der Waals surface area (Å²) in [6.07, 6.45) is 0. The van der Waals surface area contributed by atoms with Crippen LogP contribution in [0.5, 0.6) is 17.2 Å². The number of para-hydroxylation sites is 3. The quantitative estimate of drug-likeness (QED) is 0.443. The third-order valence-corrected chi connectivity index (χ3v) is 3.95. The van der Waals surface area contributed by atoms with Crippen LogP contribution in [0.3, 0.4) is 0 Å². The maximum Gasteiger partial charge on any atom is 0.269 e. The Hall–Kier alpha value is -3.58. The van der Waals surface area contributed by atoms with Gasteiger partial charge in [-0.25, -0.2) is 0 Å². The van der Waals surface area contributed by atoms with E-state index < -0.39 is 10.8 Å². The minimum atomic E-state index is -0.508. The van der Waals surface area contributed by atoms with Gasteiger partial charge in [0.05, 0.1) is 15.6 Å². The number of nitrogens with zero attached hydrogens (tertiary/aromatic N) is 1. The number of nitrogens with one attached hydrogen (secondary N) is 1. The van der Waals surface area contributed by atoms with Crippen LogP contribution in [-0.2, 0) is 4.79 Å². The molecule has 1 amide bonds. The monoisotopic (exact) mass is 398 g/mol. The Morgan fingerprint density at radius 2 is 1.61 bits per heavy atom. The van der Waals surface area contributed by atoms with E-state index in [-0.39, 0.29) is 12.3 Å². The lowest BCUT2D eigenvalue weighted by molar-refractivity contribution is -0.384. The number of hydrogen-bond acceptors (Lipinski definition) is 5. The first-order valence-corrected chi connectivity index (χ1v) is 8.59. The molecule has 3 aromatic rings. The predicted molar refractivity (Wildman–Crippen MR) is 105 cm³/mol. The van der Waals surface area contributed by atoms with E-state index in [1.807, 2.05) is 0 Å². The molecule has 0 heterocycles. The topological polar surface area (TPSA) is 90.7 Å². The van der Waals surface area contributed by atoms with Gasteiger partial charge < -0.3 is 14.8 Å². The molecular weight excluding hydrogens is 384 g/mol. The van der Waals surface area contributed by atoms with Gasteiger partial charge in [-0.05, 0) is 36.4 Å². The van der Waals surface area contributed by atoms with Gasteiger partial charge in [0.1, 0.15) is 11.5 Å². The fraction of sp³-hybridized carbons (Fsp3) is 0.0500. The van der Waals surface area contributed by atoms with Crippen LogP contribution in [0.4, 0.5) is 11.4 Å². The van der Waals surface area contributed by atoms with Gasteiger partial charge in [0.25, 0.3) is 11.6 Å². The number of carbonyl (C=O) groups is 1. The standard InChI is InChI=1S/C20H15ClN2O5/c21-16-5-1-3-7-18(16)28-19-8-4-2-6-17(19)22-20(24)13-27-15-11-9-14(10-12-15)23(25)26/h1-12H,13H2,(H,22,24). The van der Waals surface area contributed by atoms with Crippen molar-refractivity contribution in [3.05, 3.63) is 87.9 Å². The molecule has 0 aromatic heterocycles. The Morgan fingerprint density at radius 3 is 2.29 bits per heavy atom. The molecule has 142 valence electrons. The number of amides is 1. The summed E-state index contributed by atoms with van der Waals surface area (Å²) in [5.41, 5.74) is 0.405. The Kier molecular flexibility index (Phi) is 6.08. The third-order valence-electron chi connectivity index (χ3n) is 3.64. The minimum absolute atomic E-state index is 0.0533. The highest BCUT2D eigenvalue weighted by atomic mass is 35.5. The van der Waals surface area contributed by atoms with Crippen LogP contribution < -0.4 is 14.8 Å². The van der Waals surface area contributed by atoms with Gasteiger partial charge in [-0.3, -0.25) is 14.9 Å². The van der Waals surface area contributed by atoms with Crippen molar-refractivity contribution >= 4 is 28.9 Å². The highest BCUT2D eigenvalue weighted by molar-refractivity contribution is 6.32. The largest absolute Gasteiger partial charge is 0.484 e. The number of carbonyl (C=O) groups excluding carboxylic acids is 1. The molecule has 0 aliphatic rings. The number of hydrogen-bond donors (Lipinski definition) is 1. The molecule has 0 saturated carbocycles. The smallest absolute Gasteiger partial charge is 0.269 e. The van der Waals surface area contributed by atoms with E-state index in [4.69, 9.17) is 21.1 Å². The van der Waals surface area contributed by atoms with Crippen LogP contribution in [0.2, 0.25) is 5.02 Å². The van der Waals surface area contributed by atoms with E-state index in [2.05, 4.69) is 5.32 Å². The zero-order valence-corrected chi connectivity index (χ0v) is 15.3. The summed E-state index contributed by atoms with van der Waals surface area (Å²) in [6, 6.07) is 19.4. The summed E-state index contributed by atoms with van der Waals surface area (Å²) in [4.78, 5) is 22.3. The summed E-state index contributed by atoms with van der Waals surface area (Å²) >= 11 is 6.11. The van der Waals surface area contributed by atoms with E-state index >= 15 is 0 Å². The maximum atomic E-state index is 12.2. The van der Waals surface area contributed by atoms with Crippen molar-refractivity contribution in [2.24, 2.45) is 0 Å². The molecule has 0 radical (unpaired) electrons. The van der Waals surface area contributed by atoms with Crippen LogP contribution in [0.15, 0.2) is 72.8 Å². The molecule has 0 aliphatic heterocycles. The van der Waals surface area contributed by atoms with E-state index in [0.717, 1.165) is 0 Å². The number of anilines is 1. The predicted octanol–water partition coefficient (Wildman–Crippen LogP) is 5.06. The van der Waals surface area contributed by atoms with Gasteiger partial charge in [0.2, 0.25) is 0 Å².